The second kappa shape index (κ2) is 3.77. The van der Waals surface area contributed by atoms with Gasteiger partial charge in [-0.05, 0) is 42.9 Å². The minimum absolute atomic E-state index is 0.535. The maximum Gasteiger partial charge on any atom is 0.0935 e. The fraction of sp³-hybridized carbons (Fsp3) is 0.667. The molecule has 0 aromatic carbocycles. The molecule has 2 rings (SSSR count). The number of rotatable bonds is 5. The van der Waals surface area contributed by atoms with Crippen LogP contribution in [0, 0.1) is 5.41 Å². The van der Waals surface area contributed by atoms with E-state index in [1.165, 1.54) is 18.4 Å². The molecule has 0 aliphatic heterocycles. The minimum Gasteiger partial charge on any atom is -0.472 e. The topological polar surface area (TPSA) is 25.2 Å². The molecule has 1 saturated carbocycles. The van der Waals surface area contributed by atoms with Crippen molar-refractivity contribution < 1.29 is 4.42 Å². The van der Waals surface area contributed by atoms with Crippen LogP contribution in [0.3, 0.4) is 0 Å². The Morgan fingerprint density at radius 2 is 2.36 bits per heavy atom. The van der Waals surface area contributed by atoms with Gasteiger partial charge < -0.3 is 9.73 Å². The van der Waals surface area contributed by atoms with Gasteiger partial charge in [-0.3, -0.25) is 0 Å². The minimum atomic E-state index is 0.535. The lowest BCUT2D eigenvalue weighted by Crippen LogP contribution is -2.37. The van der Waals surface area contributed by atoms with Crippen molar-refractivity contribution >= 4 is 0 Å². The smallest absolute Gasteiger partial charge is 0.0935 e. The third-order valence-corrected chi connectivity index (χ3v) is 3.35. The van der Waals surface area contributed by atoms with Crippen LogP contribution < -0.4 is 5.32 Å². The summed E-state index contributed by atoms with van der Waals surface area (Å²) in [6, 6.07) is 2.68. The van der Waals surface area contributed by atoms with Crippen LogP contribution in [0.25, 0.3) is 0 Å². The van der Waals surface area contributed by atoms with E-state index in [1.807, 2.05) is 6.26 Å². The van der Waals surface area contributed by atoms with E-state index in [9.17, 15) is 0 Å². The zero-order chi connectivity index (χ0) is 10.0. The summed E-state index contributed by atoms with van der Waals surface area (Å²) in [5.41, 5.74) is 1.84. The van der Waals surface area contributed by atoms with Gasteiger partial charge >= 0.3 is 0 Å². The Balaban J connectivity index is 1.97. The summed E-state index contributed by atoms with van der Waals surface area (Å²) in [6.45, 7) is 5.60. The predicted molar refractivity (Wildman–Crippen MR) is 57.2 cm³/mol. The van der Waals surface area contributed by atoms with Crippen LogP contribution in [0.1, 0.15) is 32.3 Å². The third-order valence-electron chi connectivity index (χ3n) is 3.35. The van der Waals surface area contributed by atoms with Gasteiger partial charge in [-0.1, -0.05) is 13.8 Å². The van der Waals surface area contributed by atoms with Crippen molar-refractivity contribution in [3.63, 3.8) is 0 Å². The van der Waals surface area contributed by atoms with Gasteiger partial charge in [0.1, 0.15) is 0 Å². The van der Waals surface area contributed by atoms with Crippen LogP contribution in [-0.4, -0.2) is 12.6 Å². The highest BCUT2D eigenvalue weighted by Crippen LogP contribution is 2.48. The molecule has 1 aromatic rings. The van der Waals surface area contributed by atoms with Crippen LogP contribution in [0.4, 0.5) is 0 Å². The molecule has 0 spiro atoms. The van der Waals surface area contributed by atoms with Gasteiger partial charge in [0.15, 0.2) is 0 Å². The zero-order valence-corrected chi connectivity index (χ0v) is 9.05. The molecule has 1 unspecified atom stereocenters. The summed E-state index contributed by atoms with van der Waals surface area (Å²) in [4.78, 5) is 0. The van der Waals surface area contributed by atoms with Crippen molar-refractivity contribution in [2.24, 2.45) is 5.41 Å². The second-order valence-corrected chi connectivity index (χ2v) is 4.60. The number of hydrogen-bond acceptors (Lipinski definition) is 2. The normalized spacial score (nSPS) is 20.7. The first-order valence-electron chi connectivity index (χ1n) is 5.49. The maximum absolute atomic E-state index is 5.10. The van der Waals surface area contributed by atoms with Crippen molar-refractivity contribution in [1.29, 1.82) is 0 Å². The van der Waals surface area contributed by atoms with Crippen LogP contribution in [0.5, 0.6) is 0 Å². The largest absolute Gasteiger partial charge is 0.472 e. The molecule has 0 radical (unpaired) electrons. The Morgan fingerprint density at radius 3 is 2.86 bits per heavy atom. The van der Waals surface area contributed by atoms with E-state index >= 15 is 0 Å². The molecule has 2 nitrogen and oxygen atoms in total. The highest BCUT2D eigenvalue weighted by Gasteiger charge is 2.44. The molecular weight excluding hydrogens is 174 g/mol. The molecule has 1 aliphatic rings. The predicted octanol–water partition coefficient (Wildman–Crippen LogP) is 2.60. The van der Waals surface area contributed by atoms with E-state index in [4.69, 9.17) is 4.42 Å². The first-order chi connectivity index (χ1) is 6.74. The lowest BCUT2D eigenvalue weighted by atomic mass is 9.93. The Hall–Kier alpha value is -0.760. The summed E-state index contributed by atoms with van der Waals surface area (Å²) in [7, 11) is 0. The molecule has 1 heterocycles. The van der Waals surface area contributed by atoms with Gasteiger partial charge in [0.2, 0.25) is 0 Å². The maximum atomic E-state index is 5.10. The molecule has 1 atom stereocenters. The number of furan rings is 1. The molecule has 14 heavy (non-hydrogen) atoms. The van der Waals surface area contributed by atoms with Crippen molar-refractivity contribution in [2.75, 3.05) is 6.54 Å². The lowest BCUT2D eigenvalue weighted by molar-refractivity contribution is 0.359. The van der Waals surface area contributed by atoms with Crippen LogP contribution in [-0.2, 0) is 6.42 Å². The molecule has 78 valence electrons. The summed E-state index contributed by atoms with van der Waals surface area (Å²) in [5.74, 6) is 0. The molecule has 0 bridgehead atoms. The first-order valence-corrected chi connectivity index (χ1v) is 5.49. The van der Waals surface area contributed by atoms with Crippen LogP contribution in [0.15, 0.2) is 23.0 Å². The van der Waals surface area contributed by atoms with E-state index in [1.54, 1.807) is 6.26 Å². The molecule has 0 saturated heterocycles. The van der Waals surface area contributed by atoms with Crippen molar-refractivity contribution in [1.82, 2.24) is 5.32 Å². The molecule has 0 amide bonds. The van der Waals surface area contributed by atoms with E-state index in [2.05, 4.69) is 25.2 Å². The van der Waals surface area contributed by atoms with Gasteiger partial charge in [0.05, 0.1) is 12.5 Å². The Kier molecular flexibility index (Phi) is 2.64. The average Bonchev–Trinajstić information content (AvgIpc) is 2.73. The molecule has 1 N–H and O–H groups in total. The molecule has 1 fully saturated rings. The first kappa shape index (κ1) is 9.78. The summed E-state index contributed by atoms with van der Waals surface area (Å²) in [5, 5.41) is 3.58. The molecule has 1 aliphatic carbocycles. The number of nitrogens with one attached hydrogen (secondary N) is 1. The Labute approximate surface area is 85.7 Å². The highest BCUT2D eigenvalue weighted by molar-refractivity contribution is 5.11. The summed E-state index contributed by atoms with van der Waals surface area (Å²) < 4.78 is 5.10. The van der Waals surface area contributed by atoms with Crippen molar-refractivity contribution in [3.8, 4) is 0 Å². The Bertz CT molecular complexity index is 275. The van der Waals surface area contributed by atoms with Crippen LogP contribution >= 0.6 is 0 Å². The fourth-order valence-corrected chi connectivity index (χ4v) is 2.00. The standard InChI is InChI=1S/C12H19NO/c1-3-13-11(12(2)5-6-12)8-10-4-7-14-9-10/h4,7,9,11,13H,3,5-6,8H2,1-2H3. The van der Waals surface area contributed by atoms with Crippen molar-refractivity contribution in [3.05, 3.63) is 24.2 Å². The van der Waals surface area contributed by atoms with Crippen molar-refractivity contribution in [2.45, 2.75) is 39.2 Å². The molecular formula is C12H19NO. The number of likely N-dealkylation sites (N-methyl/N-ethyl adjacent to an activating group) is 1. The van der Waals surface area contributed by atoms with Crippen LogP contribution in [0.2, 0.25) is 0 Å². The second-order valence-electron chi connectivity index (χ2n) is 4.60. The van der Waals surface area contributed by atoms with Gasteiger partial charge in [0.25, 0.3) is 0 Å². The fourth-order valence-electron chi connectivity index (χ4n) is 2.00. The van der Waals surface area contributed by atoms with E-state index in [0.29, 0.717) is 11.5 Å². The molecule has 2 heteroatoms. The van der Waals surface area contributed by atoms with E-state index in [-0.39, 0.29) is 0 Å². The quantitative estimate of drug-likeness (QED) is 0.777. The van der Waals surface area contributed by atoms with Gasteiger partial charge in [-0.15, -0.1) is 0 Å². The summed E-state index contributed by atoms with van der Waals surface area (Å²) in [6.07, 6.45) is 7.44. The van der Waals surface area contributed by atoms with Gasteiger partial charge in [-0.25, -0.2) is 0 Å². The summed E-state index contributed by atoms with van der Waals surface area (Å²) >= 11 is 0. The zero-order valence-electron chi connectivity index (χ0n) is 9.05. The molecule has 1 aromatic heterocycles. The van der Waals surface area contributed by atoms with E-state index < -0.39 is 0 Å². The SMILES string of the molecule is CCNC(Cc1ccoc1)C1(C)CC1. The average molecular weight is 193 g/mol. The van der Waals surface area contributed by atoms with Gasteiger partial charge in [-0.2, -0.15) is 0 Å². The lowest BCUT2D eigenvalue weighted by Gasteiger charge is -2.23. The number of hydrogen-bond donors (Lipinski definition) is 1. The van der Waals surface area contributed by atoms with E-state index in [0.717, 1.165) is 13.0 Å². The van der Waals surface area contributed by atoms with Gasteiger partial charge in [0, 0.05) is 6.04 Å². The third kappa shape index (κ3) is 2.01. The highest BCUT2D eigenvalue weighted by atomic mass is 16.3. The Morgan fingerprint density at radius 1 is 1.57 bits per heavy atom. The monoisotopic (exact) mass is 193 g/mol.